The van der Waals surface area contributed by atoms with Crippen molar-refractivity contribution in [1.29, 1.82) is 0 Å². The molecule has 1 heterocycles. The van der Waals surface area contributed by atoms with E-state index in [0.29, 0.717) is 5.15 Å². The van der Waals surface area contributed by atoms with Crippen molar-refractivity contribution in [3.8, 4) is 0 Å². The molecule has 0 atom stereocenters. The summed E-state index contributed by atoms with van der Waals surface area (Å²) in [6.07, 6.45) is 3.79. The van der Waals surface area contributed by atoms with E-state index in [1.54, 1.807) is 11.3 Å². The molecule has 0 saturated heterocycles. The lowest BCUT2D eigenvalue weighted by molar-refractivity contribution is 0.545. The third-order valence-electron chi connectivity index (χ3n) is 1.96. The fraction of sp³-hybridized carbons (Fsp3) is 0.700. The lowest BCUT2D eigenvalue weighted by Gasteiger charge is -2.04. The van der Waals surface area contributed by atoms with Crippen molar-refractivity contribution in [3.05, 3.63) is 10.5 Å². The number of rotatable bonds is 6. The van der Waals surface area contributed by atoms with Crippen molar-refractivity contribution in [2.45, 2.75) is 33.1 Å². The van der Waals surface area contributed by atoms with E-state index in [9.17, 15) is 0 Å². The average molecular weight is 233 g/mol. The lowest BCUT2D eigenvalue weighted by atomic mass is 10.1. The van der Waals surface area contributed by atoms with Gasteiger partial charge < -0.3 is 5.32 Å². The minimum atomic E-state index is 0.583. The Morgan fingerprint density at radius 3 is 2.86 bits per heavy atom. The molecule has 0 fully saturated rings. The van der Waals surface area contributed by atoms with Crippen LogP contribution in [0.1, 0.15) is 33.1 Å². The molecule has 0 aliphatic carbocycles. The van der Waals surface area contributed by atoms with E-state index in [1.165, 1.54) is 19.3 Å². The van der Waals surface area contributed by atoms with Gasteiger partial charge in [-0.15, -0.1) is 11.3 Å². The fourth-order valence-corrected chi connectivity index (χ4v) is 2.07. The zero-order chi connectivity index (χ0) is 10.4. The van der Waals surface area contributed by atoms with Gasteiger partial charge in [0.15, 0.2) is 5.13 Å². The third kappa shape index (κ3) is 4.82. The predicted octanol–water partition coefficient (Wildman–Crippen LogP) is 4.03. The van der Waals surface area contributed by atoms with Gasteiger partial charge in [0.1, 0.15) is 5.15 Å². The van der Waals surface area contributed by atoms with Crippen LogP contribution in [0.2, 0.25) is 5.15 Å². The zero-order valence-corrected chi connectivity index (χ0v) is 10.3. The molecule has 4 heteroatoms. The molecule has 1 rings (SSSR count). The maximum Gasteiger partial charge on any atom is 0.184 e. The van der Waals surface area contributed by atoms with Gasteiger partial charge in [-0.1, -0.05) is 38.3 Å². The minimum Gasteiger partial charge on any atom is -0.361 e. The zero-order valence-electron chi connectivity index (χ0n) is 8.72. The molecular weight excluding hydrogens is 216 g/mol. The fourth-order valence-electron chi connectivity index (χ4n) is 1.21. The second-order valence-electron chi connectivity index (χ2n) is 3.79. The number of thiazole rings is 1. The van der Waals surface area contributed by atoms with E-state index in [4.69, 9.17) is 11.6 Å². The summed E-state index contributed by atoms with van der Waals surface area (Å²) in [6.45, 7) is 5.51. The van der Waals surface area contributed by atoms with E-state index < -0.39 is 0 Å². The number of halogens is 1. The van der Waals surface area contributed by atoms with E-state index >= 15 is 0 Å². The highest BCUT2D eigenvalue weighted by Crippen LogP contribution is 2.18. The smallest absolute Gasteiger partial charge is 0.184 e. The van der Waals surface area contributed by atoms with Crippen LogP contribution < -0.4 is 5.32 Å². The van der Waals surface area contributed by atoms with Crippen LogP contribution in [0, 0.1) is 5.92 Å². The van der Waals surface area contributed by atoms with Gasteiger partial charge >= 0.3 is 0 Å². The standard InChI is InChI=1S/C10H17ClN2S/c1-8(2)5-3-4-6-12-10-13-9(11)7-14-10/h7-8H,3-6H2,1-2H3,(H,12,13). The average Bonchev–Trinajstić information content (AvgIpc) is 2.50. The summed E-state index contributed by atoms with van der Waals surface area (Å²) >= 11 is 7.26. The number of aromatic nitrogens is 1. The van der Waals surface area contributed by atoms with Gasteiger partial charge in [-0.3, -0.25) is 0 Å². The summed E-state index contributed by atoms with van der Waals surface area (Å²) in [4.78, 5) is 4.12. The highest BCUT2D eigenvalue weighted by atomic mass is 35.5. The normalized spacial score (nSPS) is 10.9. The highest BCUT2D eigenvalue weighted by molar-refractivity contribution is 7.14. The first-order valence-electron chi connectivity index (χ1n) is 5.03. The molecule has 0 aliphatic rings. The van der Waals surface area contributed by atoms with Crippen molar-refractivity contribution in [3.63, 3.8) is 0 Å². The van der Waals surface area contributed by atoms with Gasteiger partial charge in [-0.05, 0) is 12.3 Å². The molecule has 0 radical (unpaired) electrons. The van der Waals surface area contributed by atoms with Crippen LogP contribution in [-0.2, 0) is 0 Å². The predicted molar refractivity (Wildman–Crippen MR) is 64.3 cm³/mol. The minimum absolute atomic E-state index is 0.583. The maximum absolute atomic E-state index is 5.70. The van der Waals surface area contributed by atoms with Crippen LogP contribution in [0.3, 0.4) is 0 Å². The Hall–Kier alpha value is -0.280. The van der Waals surface area contributed by atoms with Crippen LogP contribution in [0.15, 0.2) is 5.38 Å². The number of anilines is 1. The van der Waals surface area contributed by atoms with Crippen LogP contribution in [-0.4, -0.2) is 11.5 Å². The van der Waals surface area contributed by atoms with Crippen LogP contribution in [0.5, 0.6) is 0 Å². The molecule has 0 amide bonds. The highest BCUT2D eigenvalue weighted by Gasteiger charge is 1.98. The molecule has 0 aromatic carbocycles. The summed E-state index contributed by atoms with van der Waals surface area (Å²) in [5.41, 5.74) is 0. The van der Waals surface area contributed by atoms with Crippen molar-refractivity contribution >= 4 is 28.1 Å². The molecule has 14 heavy (non-hydrogen) atoms. The Balaban J connectivity index is 2.04. The number of nitrogens with one attached hydrogen (secondary N) is 1. The molecule has 80 valence electrons. The lowest BCUT2D eigenvalue weighted by Crippen LogP contribution is -2.01. The van der Waals surface area contributed by atoms with Crippen molar-refractivity contribution in [2.75, 3.05) is 11.9 Å². The maximum atomic E-state index is 5.70. The Kier molecular flexibility index (Phi) is 5.26. The molecular formula is C10H17ClN2S. The van der Waals surface area contributed by atoms with E-state index in [2.05, 4.69) is 24.1 Å². The summed E-state index contributed by atoms with van der Waals surface area (Å²) in [5.74, 6) is 0.810. The van der Waals surface area contributed by atoms with E-state index in [0.717, 1.165) is 17.6 Å². The first kappa shape index (κ1) is 11.8. The number of unbranched alkanes of at least 4 members (excludes halogenated alkanes) is 1. The van der Waals surface area contributed by atoms with Gasteiger partial charge in [-0.2, -0.15) is 0 Å². The Labute approximate surface area is 94.7 Å². The van der Waals surface area contributed by atoms with Gasteiger partial charge in [0.2, 0.25) is 0 Å². The van der Waals surface area contributed by atoms with Gasteiger partial charge in [-0.25, -0.2) is 4.98 Å². The summed E-state index contributed by atoms with van der Waals surface area (Å²) in [5, 5.41) is 6.62. The van der Waals surface area contributed by atoms with Crippen molar-refractivity contribution in [2.24, 2.45) is 5.92 Å². The number of hydrogen-bond donors (Lipinski definition) is 1. The molecule has 2 nitrogen and oxygen atoms in total. The molecule has 0 bridgehead atoms. The third-order valence-corrected chi connectivity index (χ3v) is 3.08. The van der Waals surface area contributed by atoms with Gasteiger partial charge in [0.05, 0.1) is 0 Å². The first-order valence-corrected chi connectivity index (χ1v) is 6.29. The number of hydrogen-bond acceptors (Lipinski definition) is 3. The quantitative estimate of drug-likeness (QED) is 0.749. The Morgan fingerprint density at radius 2 is 2.29 bits per heavy atom. The number of nitrogens with zero attached hydrogens (tertiary/aromatic N) is 1. The molecule has 1 N–H and O–H groups in total. The first-order chi connectivity index (χ1) is 6.68. The monoisotopic (exact) mass is 232 g/mol. The topological polar surface area (TPSA) is 24.9 Å². The van der Waals surface area contributed by atoms with Crippen LogP contribution in [0.4, 0.5) is 5.13 Å². The molecule has 0 unspecified atom stereocenters. The largest absolute Gasteiger partial charge is 0.361 e. The molecule has 0 aliphatic heterocycles. The van der Waals surface area contributed by atoms with E-state index in [1.807, 2.05) is 5.38 Å². The second-order valence-corrected chi connectivity index (χ2v) is 5.04. The Morgan fingerprint density at radius 1 is 1.50 bits per heavy atom. The van der Waals surface area contributed by atoms with Crippen molar-refractivity contribution < 1.29 is 0 Å². The van der Waals surface area contributed by atoms with Gasteiger partial charge in [0, 0.05) is 11.9 Å². The molecule has 1 aromatic rings. The van der Waals surface area contributed by atoms with E-state index in [-0.39, 0.29) is 0 Å². The molecule has 1 aromatic heterocycles. The summed E-state index contributed by atoms with van der Waals surface area (Å²) < 4.78 is 0. The molecule has 0 spiro atoms. The van der Waals surface area contributed by atoms with Crippen LogP contribution in [0.25, 0.3) is 0 Å². The summed E-state index contributed by atoms with van der Waals surface area (Å²) in [7, 11) is 0. The van der Waals surface area contributed by atoms with Gasteiger partial charge in [0.25, 0.3) is 0 Å². The van der Waals surface area contributed by atoms with Crippen LogP contribution >= 0.6 is 22.9 Å². The molecule has 0 saturated carbocycles. The SMILES string of the molecule is CC(C)CCCCNc1nc(Cl)cs1. The summed E-state index contributed by atoms with van der Waals surface area (Å²) in [6, 6.07) is 0. The Bertz CT molecular complexity index is 260. The van der Waals surface area contributed by atoms with Crippen molar-refractivity contribution in [1.82, 2.24) is 4.98 Å². The second kappa shape index (κ2) is 6.25.